The minimum absolute atomic E-state index is 0.0457. The van der Waals surface area contributed by atoms with Crippen LogP contribution in [0.1, 0.15) is 25.3 Å². The van der Waals surface area contributed by atoms with Gasteiger partial charge in [-0.05, 0) is 24.1 Å². The fourth-order valence-corrected chi connectivity index (χ4v) is 1.56. The Labute approximate surface area is 82.9 Å². The highest BCUT2D eigenvalue weighted by Gasteiger charge is 2.17. The third-order valence-electron chi connectivity index (χ3n) is 2.42. The van der Waals surface area contributed by atoms with Gasteiger partial charge in [0, 0.05) is 12.0 Å². The molecule has 0 heterocycles. The van der Waals surface area contributed by atoms with Crippen LogP contribution in [-0.4, -0.2) is 6.54 Å². The van der Waals surface area contributed by atoms with Crippen molar-refractivity contribution in [3.05, 3.63) is 35.4 Å². The molecule has 0 aliphatic heterocycles. The molecule has 1 aromatic carbocycles. The summed E-state index contributed by atoms with van der Waals surface area (Å²) in [5.74, 6) is -0.851. The Kier molecular flexibility index (Phi) is 3.58. The maximum Gasteiger partial charge on any atom is 0.129 e. The third-order valence-corrected chi connectivity index (χ3v) is 2.42. The molecular weight excluding hydrogens is 184 g/mol. The van der Waals surface area contributed by atoms with Crippen molar-refractivity contribution in [1.29, 1.82) is 0 Å². The van der Waals surface area contributed by atoms with Gasteiger partial charge < -0.3 is 5.73 Å². The van der Waals surface area contributed by atoms with Gasteiger partial charge in [0.2, 0.25) is 0 Å². The average molecular weight is 199 g/mol. The molecule has 0 saturated carbocycles. The van der Waals surface area contributed by atoms with Gasteiger partial charge in [-0.2, -0.15) is 0 Å². The molecule has 0 aliphatic rings. The van der Waals surface area contributed by atoms with Crippen molar-refractivity contribution in [3.8, 4) is 0 Å². The molecule has 1 unspecified atom stereocenters. The van der Waals surface area contributed by atoms with E-state index in [9.17, 15) is 8.78 Å². The first kappa shape index (κ1) is 11.1. The summed E-state index contributed by atoms with van der Waals surface area (Å²) in [5.41, 5.74) is 6.06. The van der Waals surface area contributed by atoms with Gasteiger partial charge in [-0.3, -0.25) is 0 Å². The van der Waals surface area contributed by atoms with Crippen LogP contribution in [0, 0.1) is 17.6 Å². The number of halogens is 2. The lowest BCUT2D eigenvalue weighted by molar-refractivity contribution is 0.474. The second-order valence-corrected chi connectivity index (χ2v) is 3.75. The molecule has 2 N–H and O–H groups in total. The van der Waals surface area contributed by atoms with E-state index in [2.05, 4.69) is 0 Å². The van der Waals surface area contributed by atoms with E-state index in [1.807, 2.05) is 13.8 Å². The smallest absolute Gasteiger partial charge is 0.129 e. The van der Waals surface area contributed by atoms with Gasteiger partial charge in [0.1, 0.15) is 11.6 Å². The molecule has 0 radical (unpaired) electrons. The Balaban J connectivity index is 3.04. The molecule has 0 amide bonds. The summed E-state index contributed by atoms with van der Waals surface area (Å²) < 4.78 is 26.0. The van der Waals surface area contributed by atoms with Crippen LogP contribution in [0.25, 0.3) is 0 Å². The predicted molar refractivity (Wildman–Crippen MR) is 53.0 cm³/mol. The lowest BCUT2D eigenvalue weighted by atomic mass is 9.88. The summed E-state index contributed by atoms with van der Waals surface area (Å²) in [7, 11) is 0. The van der Waals surface area contributed by atoms with E-state index in [0.29, 0.717) is 12.1 Å². The highest BCUT2D eigenvalue weighted by atomic mass is 19.1. The van der Waals surface area contributed by atoms with E-state index in [4.69, 9.17) is 5.73 Å². The number of rotatable bonds is 3. The summed E-state index contributed by atoms with van der Waals surface area (Å²) in [5, 5.41) is 0. The molecule has 0 aromatic heterocycles. The molecule has 78 valence electrons. The van der Waals surface area contributed by atoms with Gasteiger partial charge in [-0.25, -0.2) is 8.78 Å². The molecule has 0 bridgehead atoms. The highest BCUT2D eigenvalue weighted by Crippen LogP contribution is 2.25. The lowest BCUT2D eigenvalue weighted by Gasteiger charge is -2.19. The molecule has 14 heavy (non-hydrogen) atoms. The van der Waals surface area contributed by atoms with E-state index in [-0.39, 0.29) is 11.8 Å². The van der Waals surface area contributed by atoms with Crippen molar-refractivity contribution < 1.29 is 8.78 Å². The van der Waals surface area contributed by atoms with Crippen molar-refractivity contribution in [2.24, 2.45) is 11.7 Å². The maximum absolute atomic E-state index is 13.4. The largest absolute Gasteiger partial charge is 0.330 e. The number of benzene rings is 1. The number of nitrogens with two attached hydrogens (primary N) is 1. The quantitative estimate of drug-likeness (QED) is 0.795. The monoisotopic (exact) mass is 199 g/mol. The molecule has 0 fully saturated rings. The van der Waals surface area contributed by atoms with Gasteiger partial charge in [0.05, 0.1) is 0 Å². The van der Waals surface area contributed by atoms with E-state index < -0.39 is 11.6 Å². The molecule has 0 saturated heterocycles. The summed E-state index contributed by atoms with van der Waals surface area (Å²) in [6.07, 6.45) is 0. The van der Waals surface area contributed by atoms with Crippen LogP contribution >= 0.6 is 0 Å². The topological polar surface area (TPSA) is 26.0 Å². The molecule has 0 aliphatic carbocycles. The lowest BCUT2D eigenvalue weighted by Crippen LogP contribution is -2.19. The minimum atomic E-state index is -0.550. The van der Waals surface area contributed by atoms with Crippen LogP contribution < -0.4 is 5.73 Å². The normalized spacial score (nSPS) is 13.3. The van der Waals surface area contributed by atoms with Gasteiger partial charge in [-0.1, -0.05) is 19.9 Å². The Morgan fingerprint density at radius 2 is 1.93 bits per heavy atom. The van der Waals surface area contributed by atoms with Crippen LogP contribution in [0.3, 0.4) is 0 Å². The van der Waals surface area contributed by atoms with Gasteiger partial charge in [-0.15, -0.1) is 0 Å². The van der Waals surface area contributed by atoms with Gasteiger partial charge in [0.25, 0.3) is 0 Å². The van der Waals surface area contributed by atoms with E-state index >= 15 is 0 Å². The zero-order valence-corrected chi connectivity index (χ0v) is 8.43. The van der Waals surface area contributed by atoms with Crippen LogP contribution in [-0.2, 0) is 0 Å². The first-order valence-corrected chi connectivity index (χ1v) is 4.71. The highest BCUT2D eigenvalue weighted by molar-refractivity contribution is 5.23. The molecular formula is C11H15F2N. The van der Waals surface area contributed by atoms with E-state index in [0.717, 1.165) is 6.07 Å². The summed E-state index contributed by atoms with van der Waals surface area (Å²) in [6, 6.07) is 3.64. The standard InChI is InChI=1S/C11H15F2N/c1-7(2)10(6-14)9-4-3-8(12)5-11(9)13/h3-5,7,10H,6,14H2,1-2H3. The average Bonchev–Trinajstić information content (AvgIpc) is 2.09. The van der Waals surface area contributed by atoms with E-state index in [1.165, 1.54) is 12.1 Å². The van der Waals surface area contributed by atoms with Crippen molar-refractivity contribution in [2.75, 3.05) is 6.54 Å². The van der Waals surface area contributed by atoms with E-state index in [1.54, 1.807) is 0 Å². The maximum atomic E-state index is 13.4. The third kappa shape index (κ3) is 2.29. The molecule has 3 heteroatoms. The van der Waals surface area contributed by atoms with Crippen molar-refractivity contribution in [2.45, 2.75) is 19.8 Å². The number of hydrogen-bond donors (Lipinski definition) is 1. The molecule has 1 atom stereocenters. The van der Waals surface area contributed by atoms with Crippen molar-refractivity contribution in [3.63, 3.8) is 0 Å². The second-order valence-electron chi connectivity index (χ2n) is 3.75. The van der Waals surface area contributed by atoms with Gasteiger partial charge in [0.15, 0.2) is 0 Å². The van der Waals surface area contributed by atoms with Crippen LogP contribution in [0.15, 0.2) is 18.2 Å². The van der Waals surface area contributed by atoms with Crippen LogP contribution in [0.4, 0.5) is 8.78 Å². The van der Waals surface area contributed by atoms with Crippen LogP contribution in [0.2, 0.25) is 0 Å². The SMILES string of the molecule is CC(C)C(CN)c1ccc(F)cc1F. The molecule has 0 spiro atoms. The Morgan fingerprint density at radius 1 is 1.29 bits per heavy atom. The second kappa shape index (κ2) is 4.51. The molecule has 1 nitrogen and oxygen atoms in total. The number of hydrogen-bond acceptors (Lipinski definition) is 1. The first-order chi connectivity index (χ1) is 6.56. The zero-order valence-electron chi connectivity index (χ0n) is 8.43. The Hall–Kier alpha value is -0.960. The summed E-state index contributed by atoms with van der Waals surface area (Å²) >= 11 is 0. The van der Waals surface area contributed by atoms with Crippen LogP contribution in [0.5, 0.6) is 0 Å². The van der Waals surface area contributed by atoms with Crippen molar-refractivity contribution >= 4 is 0 Å². The molecule has 1 rings (SSSR count). The molecule has 1 aromatic rings. The summed E-state index contributed by atoms with van der Waals surface area (Å²) in [4.78, 5) is 0. The minimum Gasteiger partial charge on any atom is -0.330 e. The predicted octanol–water partition coefficient (Wildman–Crippen LogP) is 2.66. The summed E-state index contributed by atoms with van der Waals surface area (Å²) in [6.45, 7) is 4.32. The fraction of sp³-hybridized carbons (Fsp3) is 0.455. The van der Waals surface area contributed by atoms with Crippen molar-refractivity contribution in [1.82, 2.24) is 0 Å². The zero-order chi connectivity index (χ0) is 10.7. The Bertz CT molecular complexity index is 310. The fourth-order valence-electron chi connectivity index (χ4n) is 1.56. The first-order valence-electron chi connectivity index (χ1n) is 4.71. The Morgan fingerprint density at radius 3 is 2.36 bits per heavy atom. The van der Waals surface area contributed by atoms with Gasteiger partial charge >= 0.3 is 0 Å².